The van der Waals surface area contributed by atoms with Crippen LogP contribution in [-0.2, 0) is 29.0 Å². The van der Waals surface area contributed by atoms with Crippen LogP contribution in [0.1, 0.15) is 54.1 Å². The van der Waals surface area contributed by atoms with E-state index in [1.807, 2.05) is 37.6 Å². The summed E-state index contributed by atoms with van der Waals surface area (Å²) < 4.78 is 33.4. The number of nitrogens with two attached hydrogens (primary N) is 1. The van der Waals surface area contributed by atoms with Gasteiger partial charge in [-0.25, -0.2) is 8.78 Å². The Morgan fingerprint density at radius 1 is 1.09 bits per heavy atom. The molecule has 1 fully saturated rings. The van der Waals surface area contributed by atoms with Crippen molar-refractivity contribution >= 4 is 0 Å². The van der Waals surface area contributed by atoms with Crippen LogP contribution in [0.4, 0.5) is 8.78 Å². The van der Waals surface area contributed by atoms with Gasteiger partial charge in [0.2, 0.25) is 0 Å². The van der Waals surface area contributed by atoms with Crippen molar-refractivity contribution in [1.29, 1.82) is 0 Å². The topological polar surface area (TPSA) is 64.3 Å². The number of hydrogen-bond acceptors (Lipinski definition) is 5. The summed E-state index contributed by atoms with van der Waals surface area (Å²) in [6, 6.07) is 9.78. The highest BCUT2D eigenvalue weighted by molar-refractivity contribution is 5.36. The summed E-state index contributed by atoms with van der Waals surface area (Å²) in [5, 5.41) is 0. The van der Waals surface area contributed by atoms with Crippen molar-refractivity contribution < 1.29 is 13.5 Å². The molecule has 33 heavy (non-hydrogen) atoms. The molecule has 3 aromatic rings. The van der Waals surface area contributed by atoms with Crippen LogP contribution in [0.15, 0.2) is 55.0 Å². The fourth-order valence-corrected chi connectivity index (χ4v) is 5.09. The third-order valence-corrected chi connectivity index (χ3v) is 7.25. The summed E-state index contributed by atoms with van der Waals surface area (Å²) >= 11 is 0. The molecule has 0 unspecified atom stereocenters. The monoisotopic (exact) mass is 450 g/mol. The quantitative estimate of drug-likeness (QED) is 0.625. The van der Waals surface area contributed by atoms with Gasteiger partial charge in [0.05, 0.1) is 23.4 Å². The Kier molecular flexibility index (Phi) is 5.72. The minimum atomic E-state index is -0.980. The van der Waals surface area contributed by atoms with Crippen molar-refractivity contribution in [3.05, 3.63) is 94.6 Å². The van der Waals surface area contributed by atoms with Crippen molar-refractivity contribution in [2.45, 2.75) is 50.5 Å². The molecule has 2 aliphatic rings. The number of likely N-dealkylation sites (tertiary alicyclic amines) is 1. The number of fused-ring (bicyclic) bond motifs is 2. The molecule has 172 valence electrons. The first-order valence-corrected chi connectivity index (χ1v) is 11.4. The average Bonchev–Trinajstić information content (AvgIpc) is 3.20. The molecular weight excluding hydrogens is 422 g/mol. The van der Waals surface area contributed by atoms with Crippen LogP contribution in [-0.4, -0.2) is 28.0 Å². The van der Waals surface area contributed by atoms with E-state index in [1.54, 1.807) is 0 Å². The largest absolute Gasteiger partial charge is 0.365 e. The Bertz CT molecular complexity index is 1150. The second-order valence-electron chi connectivity index (χ2n) is 9.10. The Morgan fingerprint density at radius 2 is 1.91 bits per heavy atom. The summed E-state index contributed by atoms with van der Waals surface area (Å²) in [7, 11) is 0. The first-order chi connectivity index (χ1) is 15.9. The predicted molar refractivity (Wildman–Crippen MR) is 121 cm³/mol. The molecule has 2 aromatic heterocycles. The van der Waals surface area contributed by atoms with Crippen molar-refractivity contribution in [1.82, 2.24) is 14.9 Å². The standard InChI is InChI=1S/C26H28F2N4O/c1-2-26(29,20-4-5-22(27)23(28)13-20)24-6-3-18(14-31-24)16-32-11-8-25(9-12-32)21-15-30-10-7-19(21)17-33-25/h3-7,10,13-15H,2,8-9,11-12,16-17,29H2,1H3/t26-/m0/s1. The zero-order valence-electron chi connectivity index (χ0n) is 18.7. The Morgan fingerprint density at radius 3 is 2.61 bits per heavy atom. The summed E-state index contributed by atoms with van der Waals surface area (Å²) in [5.41, 5.74) is 10.2. The molecule has 0 amide bonds. The van der Waals surface area contributed by atoms with E-state index in [4.69, 9.17) is 10.5 Å². The molecule has 1 spiro atoms. The fourth-order valence-electron chi connectivity index (χ4n) is 5.09. The molecule has 0 radical (unpaired) electrons. The van der Waals surface area contributed by atoms with E-state index in [2.05, 4.69) is 20.9 Å². The van der Waals surface area contributed by atoms with Gasteiger partial charge in [0.1, 0.15) is 0 Å². The maximum Gasteiger partial charge on any atom is 0.159 e. The molecule has 7 heteroatoms. The molecule has 5 rings (SSSR count). The lowest BCUT2D eigenvalue weighted by Gasteiger charge is -2.39. The number of benzene rings is 1. The summed E-state index contributed by atoms with van der Waals surface area (Å²) in [4.78, 5) is 11.3. The maximum atomic E-state index is 13.8. The third-order valence-electron chi connectivity index (χ3n) is 7.25. The van der Waals surface area contributed by atoms with Gasteiger partial charge in [0, 0.05) is 43.8 Å². The van der Waals surface area contributed by atoms with Crippen LogP contribution in [0, 0.1) is 11.6 Å². The van der Waals surface area contributed by atoms with E-state index in [9.17, 15) is 8.78 Å². The van der Waals surface area contributed by atoms with Crippen molar-refractivity contribution in [2.24, 2.45) is 5.73 Å². The van der Waals surface area contributed by atoms with Crippen LogP contribution >= 0.6 is 0 Å². The molecule has 0 saturated carbocycles. The summed E-state index contributed by atoms with van der Waals surface area (Å²) in [5.74, 6) is -1.79. The van der Waals surface area contributed by atoms with E-state index < -0.39 is 17.2 Å². The smallest absolute Gasteiger partial charge is 0.159 e. The lowest BCUT2D eigenvalue weighted by Crippen LogP contribution is -2.42. The van der Waals surface area contributed by atoms with E-state index in [0.29, 0.717) is 24.3 Å². The van der Waals surface area contributed by atoms with Gasteiger partial charge in [-0.1, -0.05) is 19.1 Å². The molecule has 4 heterocycles. The molecule has 5 nitrogen and oxygen atoms in total. The lowest BCUT2D eigenvalue weighted by atomic mass is 9.84. The third kappa shape index (κ3) is 3.94. The minimum Gasteiger partial charge on any atom is -0.365 e. The number of halogens is 2. The fraction of sp³-hybridized carbons (Fsp3) is 0.385. The SMILES string of the molecule is CC[C@](N)(c1ccc(F)c(F)c1)c1ccc(CN2CCC3(CC2)OCc2ccncc23)cn1. The van der Waals surface area contributed by atoms with Crippen LogP contribution in [0.3, 0.4) is 0 Å². The highest BCUT2D eigenvalue weighted by Gasteiger charge is 2.42. The molecule has 0 bridgehead atoms. The van der Waals surface area contributed by atoms with E-state index in [-0.39, 0.29) is 5.60 Å². The highest BCUT2D eigenvalue weighted by atomic mass is 19.2. The van der Waals surface area contributed by atoms with Crippen LogP contribution in [0.2, 0.25) is 0 Å². The van der Waals surface area contributed by atoms with Crippen molar-refractivity contribution in [3.63, 3.8) is 0 Å². The van der Waals surface area contributed by atoms with Gasteiger partial charge in [0.15, 0.2) is 11.6 Å². The maximum absolute atomic E-state index is 13.8. The zero-order chi connectivity index (χ0) is 23.1. The second kappa shape index (κ2) is 8.56. The number of rotatable bonds is 5. The number of pyridine rings is 2. The molecule has 0 aliphatic carbocycles. The number of hydrogen-bond donors (Lipinski definition) is 1. The number of aromatic nitrogens is 2. The molecular formula is C26H28F2N4O. The van der Waals surface area contributed by atoms with E-state index >= 15 is 0 Å². The zero-order valence-corrected chi connectivity index (χ0v) is 18.7. The van der Waals surface area contributed by atoms with Crippen LogP contribution in [0.5, 0.6) is 0 Å². The van der Waals surface area contributed by atoms with Gasteiger partial charge < -0.3 is 10.5 Å². The molecule has 2 N–H and O–H groups in total. The van der Waals surface area contributed by atoms with Gasteiger partial charge in [-0.2, -0.15) is 0 Å². The minimum absolute atomic E-state index is 0.201. The average molecular weight is 451 g/mol. The van der Waals surface area contributed by atoms with Crippen LogP contribution in [0.25, 0.3) is 0 Å². The highest BCUT2D eigenvalue weighted by Crippen LogP contribution is 2.43. The number of piperidine rings is 1. The number of ether oxygens (including phenoxy) is 1. The summed E-state index contributed by atoms with van der Waals surface area (Å²) in [6.45, 7) is 5.23. The Hall–Kier alpha value is -2.74. The van der Waals surface area contributed by atoms with E-state index in [0.717, 1.165) is 50.2 Å². The first kappa shape index (κ1) is 22.1. The Labute approximate surface area is 192 Å². The molecule has 1 atom stereocenters. The second-order valence-corrected chi connectivity index (χ2v) is 9.10. The van der Waals surface area contributed by atoms with Gasteiger partial charge >= 0.3 is 0 Å². The van der Waals surface area contributed by atoms with Gasteiger partial charge in [-0.3, -0.25) is 14.9 Å². The van der Waals surface area contributed by atoms with Gasteiger partial charge in [-0.15, -0.1) is 0 Å². The molecule has 1 saturated heterocycles. The van der Waals surface area contributed by atoms with Gasteiger partial charge in [-0.05, 0) is 60.2 Å². The summed E-state index contributed by atoms with van der Waals surface area (Å²) in [6.07, 6.45) is 8.01. The number of nitrogens with zero attached hydrogens (tertiary/aromatic N) is 3. The van der Waals surface area contributed by atoms with Gasteiger partial charge in [0.25, 0.3) is 0 Å². The normalized spacial score (nSPS) is 19.4. The Balaban J connectivity index is 1.26. The van der Waals surface area contributed by atoms with Crippen molar-refractivity contribution in [2.75, 3.05) is 13.1 Å². The van der Waals surface area contributed by atoms with Crippen molar-refractivity contribution in [3.8, 4) is 0 Å². The molecule has 2 aliphatic heterocycles. The lowest BCUT2D eigenvalue weighted by molar-refractivity contribution is -0.0800. The van der Waals surface area contributed by atoms with E-state index in [1.165, 1.54) is 17.2 Å². The van der Waals surface area contributed by atoms with Crippen LogP contribution < -0.4 is 5.73 Å². The first-order valence-electron chi connectivity index (χ1n) is 11.4. The molecule has 1 aromatic carbocycles. The predicted octanol–water partition coefficient (Wildman–Crippen LogP) is 4.39.